The largest absolute Gasteiger partial charge is 0.465 e. The molecule has 124 valence electrons. The van der Waals surface area contributed by atoms with Gasteiger partial charge in [-0.1, -0.05) is 0 Å². The lowest BCUT2D eigenvalue weighted by Crippen LogP contribution is -2.26. The summed E-state index contributed by atoms with van der Waals surface area (Å²) in [5, 5.41) is 4.27. The number of carbonyl (C=O) groups excluding carboxylic acids is 1. The number of carbonyl (C=O) groups is 1. The summed E-state index contributed by atoms with van der Waals surface area (Å²) < 4.78 is 33.2. The lowest BCUT2D eigenvalue weighted by atomic mass is 10.2. The van der Waals surface area contributed by atoms with E-state index in [2.05, 4.69) is 14.6 Å². The lowest BCUT2D eigenvalue weighted by molar-refractivity contribution is 0.0600. The van der Waals surface area contributed by atoms with E-state index < -0.39 is 16.0 Å². The highest BCUT2D eigenvalue weighted by atomic mass is 32.2. The number of ether oxygens (including phenoxy) is 1. The number of methoxy groups -OCH3 is 1. The number of nitrogens with zero attached hydrogens (tertiary/aromatic N) is 2. The molecule has 1 aromatic heterocycles. The third-order valence-electron chi connectivity index (χ3n) is 3.42. The van der Waals surface area contributed by atoms with Gasteiger partial charge in [-0.05, 0) is 37.3 Å². The van der Waals surface area contributed by atoms with E-state index in [1.807, 2.05) is 20.0 Å². The Balaban J connectivity index is 1.99. The SMILES string of the molecule is COC(=O)c1ccc(S(=O)(=O)NCCc2cc(C)n(C)n2)cc1. The first-order valence-electron chi connectivity index (χ1n) is 7.01. The maximum atomic E-state index is 12.2. The van der Waals surface area contributed by atoms with E-state index in [-0.39, 0.29) is 11.4 Å². The van der Waals surface area contributed by atoms with Crippen molar-refractivity contribution in [2.75, 3.05) is 13.7 Å². The van der Waals surface area contributed by atoms with Crippen LogP contribution < -0.4 is 4.72 Å². The van der Waals surface area contributed by atoms with E-state index in [0.29, 0.717) is 12.0 Å². The highest BCUT2D eigenvalue weighted by Crippen LogP contribution is 2.11. The average Bonchev–Trinajstić information content (AvgIpc) is 2.84. The zero-order valence-electron chi connectivity index (χ0n) is 13.2. The monoisotopic (exact) mass is 337 g/mol. The van der Waals surface area contributed by atoms with E-state index in [4.69, 9.17) is 0 Å². The minimum Gasteiger partial charge on any atom is -0.465 e. The zero-order chi connectivity index (χ0) is 17.0. The van der Waals surface area contributed by atoms with Crippen LogP contribution in [0.25, 0.3) is 0 Å². The molecule has 23 heavy (non-hydrogen) atoms. The molecule has 0 unspecified atom stereocenters. The predicted octanol–water partition coefficient (Wildman–Crippen LogP) is 1.04. The van der Waals surface area contributed by atoms with Crippen LogP contribution in [0.4, 0.5) is 0 Å². The van der Waals surface area contributed by atoms with Crippen molar-refractivity contribution in [3.05, 3.63) is 47.3 Å². The van der Waals surface area contributed by atoms with Gasteiger partial charge in [-0.2, -0.15) is 5.10 Å². The molecule has 7 nitrogen and oxygen atoms in total. The Bertz CT molecular complexity index is 775. The van der Waals surface area contributed by atoms with Crippen molar-refractivity contribution in [1.29, 1.82) is 0 Å². The molecule has 2 aromatic rings. The summed E-state index contributed by atoms with van der Waals surface area (Å²) in [7, 11) is -0.509. The van der Waals surface area contributed by atoms with Crippen molar-refractivity contribution in [1.82, 2.24) is 14.5 Å². The Morgan fingerprint density at radius 3 is 2.48 bits per heavy atom. The standard InChI is InChI=1S/C15H19N3O4S/c1-11-10-13(17-18(11)2)8-9-16-23(20,21)14-6-4-12(5-7-14)15(19)22-3/h4-7,10,16H,8-9H2,1-3H3. The third-order valence-corrected chi connectivity index (χ3v) is 4.90. The number of nitrogens with one attached hydrogen (secondary N) is 1. The molecule has 0 saturated heterocycles. The minimum atomic E-state index is -3.62. The average molecular weight is 337 g/mol. The lowest BCUT2D eigenvalue weighted by Gasteiger charge is -2.06. The third kappa shape index (κ3) is 4.17. The quantitative estimate of drug-likeness (QED) is 0.795. The van der Waals surface area contributed by atoms with Gasteiger partial charge in [-0.25, -0.2) is 17.9 Å². The number of aromatic nitrogens is 2. The molecular weight excluding hydrogens is 318 g/mol. The van der Waals surface area contributed by atoms with Crippen molar-refractivity contribution < 1.29 is 17.9 Å². The van der Waals surface area contributed by atoms with E-state index in [1.165, 1.54) is 31.4 Å². The number of hydrogen-bond donors (Lipinski definition) is 1. The summed E-state index contributed by atoms with van der Waals surface area (Å²) in [5.41, 5.74) is 2.14. The Morgan fingerprint density at radius 1 is 1.30 bits per heavy atom. The Morgan fingerprint density at radius 2 is 1.96 bits per heavy atom. The van der Waals surface area contributed by atoms with Crippen LogP contribution in [0, 0.1) is 6.92 Å². The van der Waals surface area contributed by atoms with Crippen LogP contribution >= 0.6 is 0 Å². The normalized spacial score (nSPS) is 11.4. The molecule has 1 heterocycles. The first kappa shape index (κ1) is 17.2. The zero-order valence-corrected chi connectivity index (χ0v) is 14.1. The number of rotatable bonds is 6. The van der Waals surface area contributed by atoms with Gasteiger partial charge in [0.2, 0.25) is 10.0 Å². The molecule has 1 aromatic carbocycles. The van der Waals surface area contributed by atoms with Crippen molar-refractivity contribution in [2.45, 2.75) is 18.2 Å². The van der Waals surface area contributed by atoms with Gasteiger partial charge in [0.15, 0.2) is 0 Å². The maximum Gasteiger partial charge on any atom is 0.337 e. The van der Waals surface area contributed by atoms with Crippen molar-refractivity contribution in [3.8, 4) is 0 Å². The second-order valence-corrected chi connectivity index (χ2v) is 6.83. The first-order valence-corrected chi connectivity index (χ1v) is 8.49. The number of hydrogen-bond acceptors (Lipinski definition) is 5. The highest BCUT2D eigenvalue weighted by molar-refractivity contribution is 7.89. The second kappa shape index (κ2) is 6.93. The van der Waals surface area contributed by atoms with E-state index >= 15 is 0 Å². The molecule has 0 aliphatic carbocycles. The number of esters is 1. The van der Waals surface area contributed by atoms with Crippen LogP contribution in [-0.4, -0.2) is 37.8 Å². The van der Waals surface area contributed by atoms with E-state index in [1.54, 1.807) is 4.68 Å². The molecule has 0 radical (unpaired) electrons. The summed E-state index contributed by atoms with van der Waals surface area (Å²) >= 11 is 0. The topological polar surface area (TPSA) is 90.3 Å². The van der Waals surface area contributed by atoms with Gasteiger partial charge in [0.25, 0.3) is 0 Å². The Hall–Kier alpha value is -2.19. The first-order chi connectivity index (χ1) is 10.8. The van der Waals surface area contributed by atoms with Crippen molar-refractivity contribution >= 4 is 16.0 Å². The highest BCUT2D eigenvalue weighted by Gasteiger charge is 2.15. The molecule has 0 aliphatic rings. The molecule has 8 heteroatoms. The Kier molecular flexibility index (Phi) is 5.17. The molecule has 0 spiro atoms. The second-order valence-electron chi connectivity index (χ2n) is 5.06. The summed E-state index contributed by atoms with van der Waals surface area (Å²) in [4.78, 5) is 11.4. The van der Waals surface area contributed by atoms with Crippen LogP contribution in [0.2, 0.25) is 0 Å². The van der Waals surface area contributed by atoms with Crippen molar-refractivity contribution in [2.24, 2.45) is 7.05 Å². The van der Waals surface area contributed by atoms with Crippen LogP contribution in [0.5, 0.6) is 0 Å². The molecule has 0 fully saturated rings. The van der Waals surface area contributed by atoms with Crippen LogP contribution in [0.1, 0.15) is 21.7 Å². The number of benzene rings is 1. The van der Waals surface area contributed by atoms with Gasteiger partial charge >= 0.3 is 5.97 Å². The molecular formula is C15H19N3O4S. The van der Waals surface area contributed by atoms with Crippen LogP contribution in [0.15, 0.2) is 35.2 Å². The summed E-state index contributed by atoms with van der Waals surface area (Å²) in [6.45, 7) is 2.18. The fourth-order valence-electron chi connectivity index (χ4n) is 2.04. The fraction of sp³-hybridized carbons (Fsp3) is 0.333. The van der Waals surface area contributed by atoms with Crippen molar-refractivity contribution in [3.63, 3.8) is 0 Å². The van der Waals surface area contributed by atoms with Gasteiger partial charge in [0.1, 0.15) is 0 Å². The van der Waals surface area contributed by atoms with Gasteiger partial charge in [0.05, 0.1) is 23.3 Å². The molecule has 0 bridgehead atoms. The van der Waals surface area contributed by atoms with Gasteiger partial charge in [-0.3, -0.25) is 4.68 Å². The molecule has 0 aliphatic heterocycles. The summed E-state index contributed by atoms with van der Waals surface area (Å²) in [6.07, 6.45) is 0.501. The summed E-state index contributed by atoms with van der Waals surface area (Å²) in [5.74, 6) is -0.507. The van der Waals surface area contributed by atoms with E-state index in [9.17, 15) is 13.2 Å². The molecule has 2 rings (SSSR count). The molecule has 1 N–H and O–H groups in total. The van der Waals surface area contributed by atoms with Gasteiger partial charge in [0, 0.05) is 25.7 Å². The number of aryl methyl sites for hydroxylation is 2. The molecule has 0 amide bonds. The van der Waals surface area contributed by atoms with Crippen LogP contribution in [-0.2, 0) is 28.2 Å². The smallest absolute Gasteiger partial charge is 0.337 e. The van der Waals surface area contributed by atoms with Gasteiger partial charge < -0.3 is 4.74 Å². The fourth-order valence-corrected chi connectivity index (χ4v) is 3.07. The van der Waals surface area contributed by atoms with Crippen LogP contribution in [0.3, 0.4) is 0 Å². The minimum absolute atomic E-state index is 0.0994. The molecule has 0 atom stereocenters. The maximum absolute atomic E-state index is 12.2. The number of sulfonamides is 1. The van der Waals surface area contributed by atoms with Gasteiger partial charge in [-0.15, -0.1) is 0 Å². The summed E-state index contributed by atoms with van der Waals surface area (Å²) in [6, 6.07) is 7.50. The molecule has 0 saturated carbocycles. The van der Waals surface area contributed by atoms with E-state index in [0.717, 1.165) is 11.4 Å². The predicted molar refractivity (Wildman–Crippen MR) is 84.6 cm³/mol. The Labute approximate surface area is 135 Å².